The van der Waals surface area contributed by atoms with E-state index >= 15 is 0 Å². The van der Waals surface area contributed by atoms with Gasteiger partial charge in [-0.05, 0) is 37.5 Å². The minimum absolute atomic E-state index is 0.640. The van der Waals surface area contributed by atoms with Crippen LogP contribution in [0.2, 0.25) is 0 Å². The van der Waals surface area contributed by atoms with Crippen LogP contribution in [-0.2, 0) is 0 Å². The second-order valence-electron chi connectivity index (χ2n) is 3.24. The van der Waals surface area contributed by atoms with E-state index in [4.69, 9.17) is 5.41 Å². The molecule has 0 saturated carbocycles. The van der Waals surface area contributed by atoms with E-state index in [1.165, 1.54) is 11.1 Å². The van der Waals surface area contributed by atoms with E-state index in [1.54, 1.807) is 0 Å². The smallest absolute Gasteiger partial charge is 0.0314 e. The van der Waals surface area contributed by atoms with Crippen molar-refractivity contribution in [1.82, 2.24) is 0 Å². The Kier molecular flexibility index (Phi) is 6.35. The molecule has 0 aliphatic rings. The van der Waals surface area contributed by atoms with Crippen LogP contribution >= 0.6 is 0 Å². The Hall–Kier alpha value is -1.37. The van der Waals surface area contributed by atoms with E-state index in [-0.39, 0.29) is 0 Å². The Bertz CT molecular complexity index is 334. The third kappa shape index (κ3) is 4.11. The molecule has 0 aromatic heterocycles. The molecule has 0 amide bonds. The molecule has 0 saturated heterocycles. The number of benzene rings is 1. The van der Waals surface area contributed by atoms with Gasteiger partial charge in [-0.3, -0.25) is 0 Å². The van der Waals surface area contributed by atoms with Crippen molar-refractivity contribution >= 4 is 11.3 Å². The zero-order valence-electron chi connectivity index (χ0n) is 10.4. The van der Waals surface area contributed by atoms with Crippen LogP contribution in [0.25, 0.3) is 5.57 Å². The molecule has 1 nitrogen and oxygen atoms in total. The minimum atomic E-state index is 0.640. The summed E-state index contributed by atoms with van der Waals surface area (Å²) < 4.78 is 0. The van der Waals surface area contributed by atoms with Crippen molar-refractivity contribution in [2.45, 2.75) is 34.6 Å². The van der Waals surface area contributed by atoms with Gasteiger partial charge in [0.05, 0.1) is 0 Å². The van der Waals surface area contributed by atoms with Crippen LogP contribution in [0.1, 0.15) is 40.2 Å². The maximum absolute atomic E-state index is 7.52. The van der Waals surface area contributed by atoms with Crippen molar-refractivity contribution in [3.05, 3.63) is 41.5 Å². The molecule has 0 fully saturated rings. The van der Waals surface area contributed by atoms with E-state index in [1.807, 2.05) is 45.9 Å². The summed E-state index contributed by atoms with van der Waals surface area (Å²) in [6, 6.07) is 10.2. The van der Waals surface area contributed by atoms with Crippen LogP contribution in [0.3, 0.4) is 0 Å². The van der Waals surface area contributed by atoms with E-state index in [0.717, 1.165) is 5.57 Å². The van der Waals surface area contributed by atoms with Crippen molar-refractivity contribution in [3.8, 4) is 0 Å². The fraction of sp³-hybridized carbons (Fsp3) is 0.357. The number of hydrogen-bond donors (Lipinski definition) is 1. The third-order valence-corrected chi connectivity index (χ3v) is 2.33. The average Bonchev–Trinajstić information content (AvgIpc) is 2.31. The zero-order valence-corrected chi connectivity index (χ0v) is 10.4. The van der Waals surface area contributed by atoms with Crippen LogP contribution in [-0.4, -0.2) is 5.71 Å². The molecule has 15 heavy (non-hydrogen) atoms. The van der Waals surface area contributed by atoms with Crippen molar-refractivity contribution in [3.63, 3.8) is 0 Å². The molecule has 1 rings (SSSR count). The zero-order chi connectivity index (χ0) is 11.8. The first-order chi connectivity index (χ1) is 7.13. The molecule has 1 N–H and O–H groups in total. The first-order valence-corrected chi connectivity index (χ1v) is 5.41. The fourth-order valence-electron chi connectivity index (χ4n) is 1.19. The van der Waals surface area contributed by atoms with Crippen molar-refractivity contribution in [2.75, 3.05) is 0 Å². The molecule has 1 aromatic carbocycles. The summed E-state index contributed by atoms with van der Waals surface area (Å²) in [6.07, 6.45) is 0. The molecule has 0 bridgehead atoms. The van der Waals surface area contributed by atoms with Crippen molar-refractivity contribution in [1.29, 1.82) is 5.41 Å². The summed E-state index contributed by atoms with van der Waals surface area (Å²) in [6.45, 7) is 9.87. The topological polar surface area (TPSA) is 23.9 Å². The third-order valence-electron chi connectivity index (χ3n) is 2.33. The summed E-state index contributed by atoms with van der Waals surface area (Å²) in [5.41, 5.74) is 4.09. The molecule has 1 heteroatoms. The molecule has 0 spiro atoms. The van der Waals surface area contributed by atoms with Gasteiger partial charge in [0.2, 0.25) is 0 Å². The second kappa shape index (κ2) is 6.99. The molecule has 0 unspecified atom stereocenters. The molecular weight excluding hydrogens is 182 g/mol. The molecule has 0 aliphatic carbocycles. The molecule has 0 heterocycles. The highest BCUT2D eigenvalue weighted by Gasteiger charge is 2.00. The summed E-state index contributed by atoms with van der Waals surface area (Å²) in [4.78, 5) is 0. The molecule has 0 atom stereocenters. The first kappa shape index (κ1) is 13.6. The lowest BCUT2D eigenvalue weighted by Crippen LogP contribution is -1.94. The van der Waals surface area contributed by atoms with Gasteiger partial charge in [-0.15, -0.1) is 0 Å². The molecular formula is C14H21N. The van der Waals surface area contributed by atoms with Crippen LogP contribution in [0.5, 0.6) is 0 Å². The summed E-state index contributed by atoms with van der Waals surface area (Å²) >= 11 is 0. The highest BCUT2D eigenvalue weighted by Crippen LogP contribution is 2.17. The van der Waals surface area contributed by atoms with Crippen LogP contribution in [0.4, 0.5) is 0 Å². The van der Waals surface area contributed by atoms with Crippen LogP contribution in [0.15, 0.2) is 35.9 Å². The van der Waals surface area contributed by atoms with E-state index in [9.17, 15) is 0 Å². The summed E-state index contributed by atoms with van der Waals surface area (Å²) in [5, 5.41) is 7.52. The largest absolute Gasteiger partial charge is 0.305 e. The number of hydrogen-bond acceptors (Lipinski definition) is 1. The van der Waals surface area contributed by atoms with Crippen molar-refractivity contribution in [2.24, 2.45) is 0 Å². The molecule has 0 radical (unpaired) electrons. The number of rotatable bonds is 2. The lowest BCUT2D eigenvalue weighted by Gasteiger charge is -2.06. The summed E-state index contributed by atoms with van der Waals surface area (Å²) in [7, 11) is 0. The van der Waals surface area contributed by atoms with Gasteiger partial charge < -0.3 is 5.41 Å². The normalized spacial score (nSPS) is 11.0. The maximum atomic E-state index is 7.52. The molecule has 1 aromatic rings. The molecule has 82 valence electrons. The summed E-state index contributed by atoms with van der Waals surface area (Å²) in [5.74, 6) is 0. The van der Waals surface area contributed by atoms with E-state index in [0.29, 0.717) is 5.71 Å². The lowest BCUT2D eigenvalue weighted by atomic mass is 10.0. The average molecular weight is 203 g/mol. The van der Waals surface area contributed by atoms with Gasteiger partial charge in [0, 0.05) is 5.71 Å². The SMILES string of the molecule is CC.CC(=N)/C(C)=C(\C)c1ccccc1. The standard InChI is InChI=1S/C12H15N.C2H6/c1-9(11(3)13)10(2)12-7-5-4-6-8-12;1-2/h4-8,13H,1-3H3;1-2H3/b10-9+,13-11?;. The van der Waals surface area contributed by atoms with Gasteiger partial charge in [-0.2, -0.15) is 0 Å². The highest BCUT2D eigenvalue weighted by atomic mass is 14.4. The Morgan fingerprint density at radius 3 is 1.80 bits per heavy atom. The van der Waals surface area contributed by atoms with Gasteiger partial charge >= 0.3 is 0 Å². The molecule has 0 aliphatic heterocycles. The van der Waals surface area contributed by atoms with Gasteiger partial charge in [-0.25, -0.2) is 0 Å². The predicted molar refractivity (Wildman–Crippen MR) is 69.5 cm³/mol. The van der Waals surface area contributed by atoms with Crippen molar-refractivity contribution < 1.29 is 0 Å². The fourth-order valence-corrected chi connectivity index (χ4v) is 1.19. The lowest BCUT2D eigenvalue weighted by molar-refractivity contribution is 1.40. The monoisotopic (exact) mass is 203 g/mol. The van der Waals surface area contributed by atoms with E-state index < -0.39 is 0 Å². The second-order valence-corrected chi connectivity index (χ2v) is 3.24. The quantitative estimate of drug-likeness (QED) is 0.682. The minimum Gasteiger partial charge on any atom is -0.305 e. The Labute approximate surface area is 93.4 Å². The Morgan fingerprint density at radius 1 is 0.933 bits per heavy atom. The number of nitrogens with one attached hydrogen (secondary N) is 1. The predicted octanol–water partition coefficient (Wildman–Crippen LogP) is 4.55. The Balaban J connectivity index is 0.000000921. The van der Waals surface area contributed by atoms with Gasteiger partial charge in [-0.1, -0.05) is 44.2 Å². The van der Waals surface area contributed by atoms with Crippen LogP contribution in [0, 0.1) is 5.41 Å². The van der Waals surface area contributed by atoms with E-state index in [2.05, 4.69) is 19.1 Å². The van der Waals surface area contributed by atoms with Gasteiger partial charge in [0.25, 0.3) is 0 Å². The Morgan fingerprint density at radius 2 is 1.40 bits per heavy atom. The van der Waals surface area contributed by atoms with Gasteiger partial charge in [0.1, 0.15) is 0 Å². The number of allylic oxidation sites excluding steroid dienone is 2. The van der Waals surface area contributed by atoms with Crippen LogP contribution < -0.4 is 0 Å². The first-order valence-electron chi connectivity index (χ1n) is 5.41. The maximum Gasteiger partial charge on any atom is 0.0314 e. The highest BCUT2D eigenvalue weighted by molar-refractivity contribution is 6.01. The van der Waals surface area contributed by atoms with Gasteiger partial charge in [0.15, 0.2) is 0 Å².